The second-order valence-corrected chi connectivity index (χ2v) is 8.88. The van der Waals surface area contributed by atoms with Crippen LogP contribution in [0.2, 0.25) is 0 Å². The number of nitrogens with zero attached hydrogens (tertiary/aromatic N) is 2. The van der Waals surface area contributed by atoms with Crippen LogP contribution in [0.5, 0.6) is 5.75 Å². The molecule has 0 aliphatic carbocycles. The molecule has 2 amide bonds. The summed E-state index contributed by atoms with van der Waals surface area (Å²) in [5, 5.41) is 13.0. The van der Waals surface area contributed by atoms with Crippen molar-refractivity contribution in [2.45, 2.75) is 32.5 Å². The third-order valence-corrected chi connectivity index (χ3v) is 6.67. The minimum absolute atomic E-state index is 0.00927. The summed E-state index contributed by atoms with van der Waals surface area (Å²) in [5.41, 5.74) is -1.31. The molecule has 1 atom stereocenters. The van der Waals surface area contributed by atoms with Crippen molar-refractivity contribution in [3.8, 4) is 5.75 Å². The molecule has 0 unspecified atom stereocenters. The van der Waals surface area contributed by atoms with E-state index in [9.17, 15) is 37.1 Å². The number of hydrogen-bond donors (Lipinski definition) is 2. The van der Waals surface area contributed by atoms with E-state index in [4.69, 9.17) is 0 Å². The highest BCUT2D eigenvalue weighted by Gasteiger charge is 2.38. The first kappa shape index (κ1) is 23.6. The van der Waals surface area contributed by atoms with Crippen molar-refractivity contribution in [1.82, 2.24) is 14.8 Å². The molecule has 2 aliphatic rings. The first-order valence-corrected chi connectivity index (χ1v) is 11.0. The van der Waals surface area contributed by atoms with E-state index in [0.29, 0.717) is 11.1 Å². The van der Waals surface area contributed by atoms with Gasteiger partial charge in [0.25, 0.3) is 11.8 Å². The Morgan fingerprint density at radius 2 is 1.78 bits per heavy atom. The van der Waals surface area contributed by atoms with Crippen LogP contribution in [0.1, 0.15) is 49.1 Å². The number of amides is 2. The van der Waals surface area contributed by atoms with Crippen molar-refractivity contribution < 1.29 is 32.3 Å². The number of carbonyl (C=O) groups excluding carboxylic acids is 2. The minimum Gasteiger partial charge on any atom is -0.503 e. The summed E-state index contributed by atoms with van der Waals surface area (Å²) in [6, 6.07) is 3.69. The third-order valence-electron chi connectivity index (χ3n) is 6.67. The molecule has 3 aromatic rings. The maximum atomic E-state index is 14.3. The Balaban J connectivity index is 1.51. The highest BCUT2D eigenvalue weighted by atomic mass is 19.2. The number of halogens is 4. The smallest absolute Gasteiger partial charge is 0.274 e. The lowest BCUT2D eigenvalue weighted by molar-refractivity contribution is 0.0653. The Bertz CT molecular complexity index is 1520. The lowest BCUT2D eigenvalue weighted by Gasteiger charge is -2.34. The fourth-order valence-electron chi connectivity index (χ4n) is 4.71. The fourth-order valence-corrected chi connectivity index (χ4v) is 4.71. The van der Waals surface area contributed by atoms with Crippen LogP contribution in [0.3, 0.4) is 0 Å². The molecule has 0 saturated heterocycles. The average Bonchev–Trinajstić information content (AvgIpc) is 3.00. The molecule has 1 aromatic heterocycles. The summed E-state index contributed by atoms with van der Waals surface area (Å²) in [5.74, 6) is -6.26. The quantitative estimate of drug-likeness (QED) is 0.540. The van der Waals surface area contributed by atoms with Crippen molar-refractivity contribution in [3.63, 3.8) is 0 Å². The molecule has 11 heteroatoms. The van der Waals surface area contributed by atoms with Gasteiger partial charge in [-0.2, -0.15) is 0 Å². The zero-order chi connectivity index (χ0) is 25.9. The molecule has 0 spiro atoms. The van der Waals surface area contributed by atoms with Gasteiger partial charge in [0.2, 0.25) is 5.43 Å². The van der Waals surface area contributed by atoms with Gasteiger partial charge >= 0.3 is 0 Å². The van der Waals surface area contributed by atoms with Gasteiger partial charge in [0.05, 0.1) is 6.04 Å². The highest BCUT2D eigenvalue weighted by molar-refractivity contribution is 5.99. The van der Waals surface area contributed by atoms with Crippen molar-refractivity contribution in [3.05, 3.63) is 97.5 Å². The lowest BCUT2D eigenvalue weighted by atomic mass is 10.0. The number of benzene rings is 2. The molecule has 0 fully saturated rings. The minimum atomic E-state index is -1.10. The Labute approximate surface area is 201 Å². The molecule has 2 aliphatic heterocycles. The van der Waals surface area contributed by atoms with Gasteiger partial charge in [0.15, 0.2) is 23.1 Å². The summed E-state index contributed by atoms with van der Waals surface area (Å²) in [6.07, 6.45) is 1.27. The fraction of sp³-hybridized carbons (Fsp3) is 0.240. The van der Waals surface area contributed by atoms with Gasteiger partial charge in [0.1, 0.15) is 17.2 Å². The number of hydrogen-bond acceptors (Lipinski definition) is 4. The number of pyridine rings is 1. The monoisotopic (exact) mass is 501 g/mol. The number of aromatic hydroxyl groups is 1. The maximum Gasteiger partial charge on any atom is 0.274 e. The van der Waals surface area contributed by atoms with E-state index in [0.717, 1.165) is 30.5 Å². The summed E-state index contributed by atoms with van der Waals surface area (Å²) in [4.78, 5) is 40.0. The Kier molecular flexibility index (Phi) is 5.57. The lowest BCUT2D eigenvalue weighted by Crippen LogP contribution is -2.44. The Hall–Kier alpha value is -4.15. The van der Waals surface area contributed by atoms with E-state index >= 15 is 0 Å². The van der Waals surface area contributed by atoms with E-state index in [-0.39, 0.29) is 42.9 Å². The summed E-state index contributed by atoms with van der Waals surface area (Å²) in [6.45, 7) is 0.963. The van der Waals surface area contributed by atoms with Gasteiger partial charge < -0.3 is 19.9 Å². The Morgan fingerprint density at radius 3 is 2.50 bits per heavy atom. The van der Waals surface area contributed by atoms with Crippen molar-refractivity contribution in [2.75, 3.05) is 6.54 Å². The first-order chi connectivity index (χ1) is 17.1. The maximum absolute atomic E-state index is 14.3. The largest absolute Gasteiger partial charge is 0.503 e. The third kappa shape index (κ3) is 3.71. The number of aromatic nitrogens is 1. The topological polar surface area (TPSA) is 91.6 Å². The number of fused-ring (bicyclic) bond motifs is 5. The molecular weight excluding hydrogens is 482 g/mol. The predicted molar refractivity (Wildman–Crippen MR) is 118 cm³/mol. The molecule has 186 valence electrons. The van der Waals surface area contributed by atoms with Crippen LogP contribution in [0.4, 0.5) is 17.6 Å². The van der Waals surface area contributed by atoms with Crippen LogP contribution in [-0.2, 0) is 19.5 Å². The molecule has 2 N–H and O–H groups in total. The van der Waals surface area contributed by atoms with Crippen molar-refractivity contribution in [2.24, 2.45) is 0 Å². The zero-order valence-electron chi connectivity index (χ0n) is 18.9. The van der Waals surface area contributed by atoms with Crippen LogP contribution < -0.4 is 10.7 Å². The van der Waals surface area contributed by atoms with Crippen LogP contribution in [0.15, 0.2) is 35.3 Å². The number of nitrogens with one attached hydrogen (secondary N) is 1. The van der Waals surface area contributed by atoms with Gasteiger partial charge in [-0.05, 0) is 42.7 Å². The summed E-state index contributed by atoms with van der Waals surface area (Å²) < 4.78 is 56.8. The number of rotatable bonds is 3. The van der Waals surface area contributed by atoms with E-state index < -0.39 is 57.9 Å². The molecule has 0 saturated carbocycles. The van der Waals surface area contributed by atoms with E-state index in [1.54, 1.807) is 0 Å². The average molecular weight is 501 g/mol. The normalized spacial score (nSPS) is 16.3. The van der Waals surface area contributed by atoms with E-state index in [1.807, 2.05) is 0 Å². The van der Waals surface area contributed by atoms with E-state index in [1.165, 1.54) is 16.4 Å². The van der Waals surface area contributed by atoms with Crippen molar-refractivity contribution in [1.29, 1.82) is 0 Å². The van der Waals surface area contributed by atoms with Gasteiger partial charge in [-0.1, -0.05) is 6.07 Å². The molecule has 2 bridgehead atoms. The molecule has 36 heavy (non-hydrogen) atoms. The SMILES string of the molecule is Cc1c(F)ccc(CNC(=O)c2cn3c(c(O)c2=O)C(=O)N2Cc4cc(F)c(F)cc4C[C@@H]3C2)c1F. The van der Waals surface area contributed by atoms with Gasteiger partial charge in [0, 0.05) is 37.0 Å². The van der Waals surface area contributed by atoms with Crippen LogP contribution >= 0.6 is 0 Å². The van der Waals surface area contributed by atoms with E-state index in [2.05, 4.69) is 5.32 Å². The van der Waals surface area contributed by atoms with Crippen LogP contribution in [-0.4, -0.2) is 32.9 Å². The van der Waals surface area contributed by atoms with Gasteiger partial charge in [-0.15, -0.1) is 0 Å². The number of carbonyl (C=O) groups is 2. The molecular formula is C25H19F4N3O4. The molecule has 5 rings (SSSR count). The second-order valence-electron chi connectivity index (χ2n) is 8.88. The standard InChI is InChI=1S/C25H19F4N3O4/c1-11-17(26)3-2-12(20(11)29)7-30-24(35)16-10-32-15-4-13-5-18(27)19(28)6-14(13)8-31(9-15)25(36)21(32)23(34)22(16)33/h2-3,5-6,10,15,34H,4,7-9H2,1H3,(H,30,35)/t15-/m1/s1. The summed E-state index contributed by atoms with van der Waals surface area (Å²) >= 11 is 0. The van der Waals surface area contributed by atoms with Gasteiger partial charge in [-0.3, -0.25) is 14.4 Å². The van der Waals surface area contributed by atoms with Crippen LogP contribution in [0.25, 0.3) is 0 Å². The highest BCUT2D eigenvalue weighted by Crippen LogP contribution is 2.34. The van der Waals surface area contributed by atoms with Gasteiger partial charge in [-0.25, -0.2) is 17.6 Å². The predicted octanol–water partition coefficient (Wildman–Crippen LogP) is 3.10. The first-order valence-electron chi connectivity index (χ1n) is 11.0. The van der Waals surface area contributed by atoms with Crippen molar-refractivity contribution >= 4 is 11.8 Å². The zero-order valence-corrected chi connectivity index (χ0v) is 18.9. The molecule has 2 aromatic carbocycles. The molecule has 0 radical (unpaired) electrons. The van der Waals surface area contributed by atoms with Crippen LogP contribution in [0, 0.1) is 30.2 Å². The Morgan fingerprint density at radius 1 is 1.08 bits per heavy atom. The molecule has 7 nitrogen and oxygen atoms in total. The summed E-state index contributed by atoms with van der Waals surface area (Å²) in [7, 11) is 0. The second kappa shape index (κ2) is 8.51. The molecule has 3 heterocycles.